The molecule has 0 aliphatic carbocycles. The van der Waals surface area contributed by atoms with Gasteiger partial charge in [0.15, 0.2) is 5.78 Å². The number of carbonyl (C=O) groups excluding carboxylic acids is 3. The molecule has 29 heavy (non-hydrogen) atoms. The van der Waals surface area contributed by atoms with Gasteiger partial charge in [-0.15, -0.1) is 0 Å². The number of carbonyl (C=O) groups is 3. The highest BCUT2D eigenvalue weighted by Gasteiger charge is 2.31. The van der Waals surface area contributed by atoms with Crippen molar-refractivity contribution < 1.29 is 33.3 Å². The van der Waals surface area contributed by atoms with Gasteiger partial charge in [-0.3, -0.25) is 19.3 Å². The first-order valence-corrected chi connectivity index (χ1v) is 9.84. The number of Topliss-reactive ketones (excluding diaryl/α,β-unsaturated/α-hetero) is 1. The van der Waals surface area contributed by atoms with Crippen molar-refractivity contribution in [1.82, 2.24) is 4.90 Å². The number of ether oxygens (including phenoxy) is 4. The van der Waals surface area contributed by atoms with E-state index in [9.17, 15) is 14.4 Å². The highest BCUT2D eigenvalue weighted by atomic mass is 16.6. The third-order valence-electron chi connectivity index (χ3n) is 4.70. The monoisotopic (exact) mass is 417 g/mol. The number of nitrogens with zero attached hydrogens (tertiary/aromatic N) is 1. The second kappa shape index (κ2) is 11.6. The van der Waals surface area contributed by atoms with Gasteiger partial charge in [-0.2, -0.15) is 0 Å². The molecule has 0 heterocycles. The third kappa shape index (κ3) is 11.3. The second-order valence-corrected chi connectivity index (χ2v) is 9.09. The first-order valence-electron chi connectivity index (χ1n) is 9.84. The molecule has 0 saturated heterocycles. The number of ketones is 1. The molecule has 0 aliphatic heterocycles. The van der Waals surface area contributed by atoms with Gasteiger partial charge in [-0.25, -0.2) is 0 Å². The van der Waals surface area contributed by atoms with Crippen molar-refractivity contribution in [2.75, 3.05) is 34.1 Å². The molecule has 0 fully saturated rings. The molecule has 0 rings (SSSR count). The van der Waals surface area contributed by atoms with Crippen molar-refractivity contribution in [2.45, 2.75) is 84.5 Å². The maximum Gasteiger partial charge on any atom is 0.307 e. The Morgan fingerprint density at radius 3 is 1.90 bits per heavy atom. The molecule has 170 valence electrons. The summed E-state index contributed by atoms with van der Waals surface area (Å²) in [7, 11) is 2.92. The van der Waals surface area contributed by atoms with E-state index in [0.29, 0.717) is 6.54 Å². The van der Waals surface area contributed by atoms with E-state index in [1.54, 1.807) is 21.0 Å². The topological polar surface area (TPSA) is 91.4 Å². The number of hydrogen-bond acceptors (Lipinski definition) is 8. The van der Waals surface area contributed by atoms with Crippen molar-refractivity contribution in [3.63, 3.8) is 0 Å². The van der Waals surface area contributed by atoms with Gasteiger partial charge < -0.3 is 18.9 Å². The van der Waals surface area contributed by atoms with Crippen molar-refractivity contribution in [1.29, 1.82) is 0 Å². The van der Waals surface area contributed by atoms with Crippen LogP contribution in [-0.4, -0.2) is 73.5 Å². The second-order valence-electron chi connectivity index (χ2n) is 9.09. The zero-order valence-electron chi connectivity index (χ0n) is 19.5. The van der Waals surface area contributed by atoms with Gasteiger partial charge in [-0.1, -0.05) is 0 Å². The first kappa shape index (κ1) is 27.5. The van der Waals surface area contributed by atoms with Gasteiger partial charge in [0.05, 0.1) is 32.2 Å². The van der Waals surface area contributed by atoms with Crippen molar-refractivity contribution >= 4 is 17.7 Å². The Bertz CT molecular complexity index is 550. The number of methoxy groups -OCH3 is 2. The Kier molecular flexibility index (Phi) is 11.0. The van der Waals surface area contributed by atoms with Crippen LogP contribution in [0, 0.1) is 0 Å². The van der Waals surface area contributed by atoms with Crippen LogP contribution in [0.25, 0.3) is 0 Å². The summed E-state index contributed by atoms with van der Waals surface area (Å²) < 4.78 is 21.0. The first-order chi connectivity index (χ1) is 13.1. The predicted octanol–water partition coefficient (Wildman–Crippen LogP) is 2.72. The van der Waals surface area contributed by atoms with Crippen LogP contribution >= 0.6 is 0 Å². The minimum absolute atomic E-state index is 0.0247. The highest BCUT2D eigenvalue weighted by Crippen LogP contribution is 2.19. The van der Waals surface area contributed by atoms with Gasteiger partial charge in [0.2, 0.25) is 0 Å². The molecule has 0 aromatic carbocycles. The summed E-state index contributed by atoms with van der Waals surface area (Å²) in [5.74, 6) is -0.978. The van der Waals surface area contributed by atoms with E-state index in [2.05, 4.69) is 4.74 Å². The van der Waals surface area contributed by atoms with Gasteiger partial charge in [0.1, 0.15) is 12.3 Å². The molecule has 0 aromatic heterocycles. The standard InChI is InChI=1S/C21H39NO7/c1-19(2,3)22(13-12-17(24)26-8)15-28-18(25)11-10-16(23)21(6,7)29-14-20(4,5)27-9/h10-15H2,1-9H3. The normalized spacial score (nSPS) is 12.8. The van der Waals surface area contributed by atoms with Gasteiger partial charge in [0, 0.05) is 25.6 Å². The fourth-order valence-electron chi connectivity index (χ4n) is 2.15. The van der Waals surface area contributed by atoms with Gasteiger partial charge in [0.25, 0.3) is 0 Å². The molecule has 8 heteroatoms. The van der Waals surface area contributed by atoms with Crippen LogP contribution in [0.4, 0.5) is 0 Å². The Hall–Kier alpha value is -1.51. The smallest absolute Gasteiger partial charge is 0.307 e. The summed E-state index contributed by atoms with van der Waals surface area (Å²) in [6.45, 7) is 13.7. The quantitative estimate of drug-likeness (QED) is 0.334. The fraction of sp³-hybridized carbons (Fsp3) is 0.857. The minimum atomic E-state index is -1.02. The molecule has 0 amide bonds. The van der Waals surface area contributed by atoms with E-state index in [-0.39, 0.29) is 49.9 Å². The molecular formula is C21H39NO7. The average Bonchev–Trinajstić information content (AvgIpc) is 2.63. The highest BCUT2D eigenvalue weighted by molar-refractivity contribution is 5.89. The zero-order valence-corrected chi connectivity index (χ0v) is 19.5. The van der Waals surface area contributed by atoms with Crippen LogP contribution in [0.3, 0.4) is 0 Å². The van der Waals surface area contributed by atoms with Gasteiger partial charge >= 0.3 is 11.9 Å². The minimum Gasteiger partial charge on any atom is -0.469 e. The number of hydrogen-bond donors (Lipinski definition) is 0. The Morgan fingerprint density at radius 1 is 0.828 bits per heavy atom. The van der Waals surface area contributed by atoms with Crippen LogP contribution in [0.5, 0.6) is 0 Å². The molecule has 0 saturated carbocycles. The summed E-state index contributed by atoms with van der Waals surface area (Å²) in [6.07, 6.45) is 0.193. The van der Waals surface area contributed by atoms with Crippen molar-refractivity contribution in [2.24, 2.45) is 0 Å². The van der Waals surface area contributed by atoms with Crippen LogP contribution in [0.2, 0.25) is 0 Å². The summed E-state index contributed by atoms with van der Waals surface area (Å²) in [5, 5.41) is 0. The molecule has 0 atom stereocenters. The molecule has 0 aliphatic rings. The van der Waals surface area contributed by atoms with E-state index in [1.165, 1.54) is 7.11 Å². The molecular weight excluding hydrogens is 378 g/mol. The average molecular weight is 418 g/mol. The molecule has 0 radical (unpaired) electrons. The van der Waals surface area contributed by atoms with E-state index < -0.39 is 17.2 Å². The van der Waals surface area contributed by atoms with E-state index in [1.807, 2.05) is 39.5 Å². The Labute approximate surface area is 175 Å². The molecule has 0 aromatic rings. The Balaban J connectivity index is 4.54. The van der Waals surface area contributed by atoms with Crippen LogP contribution in [0.1, 0.15) is 67.7 Å². The summed E-state index contributed by atoms with van der Waals surface area (Å²) in [5.41, 5.74) is -1.82. The Morgan fingerprint density at radius 2 is 1.41 bits per heavy atom. The maximum absolute atomic E-state index is 12.4. The SMILES string of the molecule is COC(=O)CCN(COC(=O)CCC(=O)C(C)(C)OCC(C)(C)OC)C(C)(C)C. The van der Waals surface area contributed by atoms with E-state index in [0.717, 1.165) is 0 Å². The lowest BCUT2D eigenvalue weighted by molar-refractivity contribution is -0.157. The third-order valence-corrected chi connectivity index (χ3v) is 4.70. The lowest BCUT2D eigenvalue weighted by Gasteiger charge is -2.34. The zero-order chi connectivity index (χ0) is 22.9. The van der Waals surface area contributed by atoms with Crippen LogP contribution in [0.15, 0.2) is 0 Å². The molecule has 0 bridgehead atoms. The number of esters is 2. The van der Waals surface area contributed by atoms with Crippen LogP contribution < -0.4 is 0 Å². The largest absolute Gasteiger partial charge is 0.469 e. The molecule has 8 nitrogen and oxygen atoms in total. The lowest BCUT2D eigenvalue weighted by Crippen LogP contribution is -2.44. The summed E-state index contributed by atoms with van der Waals surface area (Å²) >= 11 is 0. The van der Waals surface area contributed by atoms with Gasteiger partial charge in [-0.05, 0) is 48.5 Å². The molecule has 0 spiro atoms. The van der Waals surface area contributed by atoms with E-state index in [4.69, 9.17) is 14.2 Å². The fourth-order valence-corrected chi connectivity index (χ4v) is 2.15. The maximum atomic E-state index is 12.4. The molecule has 0 unspecified atom stereocenters. The predicted molar refractivity (Wildman–Crippen MR) is 109 cm³/mol. The number of rotatable bonds is 13. The van der Waals surface area contributed by atoms with Crippen molar-refractivity contribution in [3.05, 3.63) is 0 Å². The summed E-state index contributed by atoms with van der Waals surface area (Å²) in [6, 6.07) is 0. The van der Waals surface area contributed by atoms with E-state index >= 15 is 0 Å². The summed E-state index contributed by atoms with van der Waals surface area (Å²) in [4.78, 5) is 37.8. The van der Waals surface area contributed by atoms with Crippen LogP contribution in [-0.2, 0) is 33.3 Å². The molecule has 0 N–H and O–H groups in total. The van der Waals surface area contributed by atoms with Crippen molar-refractivity contribution in [3.8, 4) is 0 Å². The lowest BCUT2D eigenvalue weighted by atomic mass is 9.99.